The summed E-state index contributed by atoms with van der Waals surface area (Å²) < 4.78 is 44.0. The zero-order chi connectivity index (χ0) is 32.8. The van der Waals surface area contributed by atoms with Crippen molar-refractivity contribution in [1.29, 1.82) is 0 Å². The number of para-hydroxylation sites is 3. The monoisotopic (exact) mass is 653 g/mol. The average Bonchev–Trinajstić information content (AvgIpc) is 3.02. The number of nitrogens with two attached hydrogens (primary N) is 1. The maximum Gasteiger partial charge on any atom is 0.264 e. The number of benzene rings is 3. The molecule has 0 atom stereocenters. The highest BCUT2D eigenvalue weighted by atomic mass is 32.2. The van der Waals surface area contributed by atoms with Crippen molar-refractivity contribution in [2.24, 2.45) is 22.0 Å². The van der Waals surface area contributed by atoms with E-state index in [1.165, 1.54) is 25.7 Å². The molecule has 3 N–H and O–H groups in total. The molecule has 0 saturated heterocycles. The molecule has 0 unspecified atom stereocenters. The van der Waals surface area contributed by atoms with Crippen LogP contribution in [-0.2, 0) is 14.3 Å². The molecule has 8 nitrogen and oxygen atoms in total. The van der Waals surface area contributed by atoms with Crippen LogP contribution in [0.2, 0.25) is 0 Å². The van der Waals surface area contributed by atoms with E-state index in [-0.39, 0.29) is 29.5 Å². The Labute approximate surface area is 275 Å². The van der Waals surface area contributed by atoms with Crippen molar-refractivity contribution in [3.8, 4) is 17.2 Å². The van der Waals surface area contributed by atoms with Gasteiger partial charge in [-0.25, -0.2) is 0 Å². The predicted octanol–water partition coefficient (Wildman–Crippen LogP) is 6.63. The van der Waals surface area contributed by atoms with Crippen molar-refractivity contribution >= 4 is 10.1 Å². The fourth-order valence-corrected chi connectivity index (χ4v) is 6.07. The Hall–Kier alpha value is -3.11. The molecule has 0 aliphatic heterocycles. The first-order chi connectivity index (χ1) is 22.2. The molecule has 252 valence electrons. The fourth-order valence-electron chi connectivity index (χ4n) is 5.61. The molecule has 0 radical (unpaired) electrons. The van der Waals surface area contributed by atoms with Gasteiger partial charge in [0.05, 0.1) is 39.3 Å². The average molecular weight is 654 g/mol. The Balaban J connectivity index is 0.000000158. The van der Waals surface area contributed by atoms with Crippen molar-refractivity contribution in [3.05, 3.63) is 91.0 Å². The van der Waals surface area contributed by atoms with E-state index < -0.39 is 10.1 Å². The summed E-state index contributed by atoms with van der Waals surface area (Å²) in [6.07, 6.45) is 11.2. The molecular weight excluding hydrogens is 602 g/mol. The van der Waals surface area contributed by atoms with E-state index in [9.17, 15) is 13.5 Å². The van der Waals surface area contributed by atoms with Crippen LogP contribution in [0.3, 0.4) is 0 Å². The summed E-state index contributed by atoms with van der Waals surface area (Å²) in [4.78, 5) is 0. The summed E-state index contributed by atoms with van der Waals surface area (Å²) >= 11 is 0. The van der Waals surface area contributed by atoms with E-state index in [1.54, 1.807) is 0 Å². The lowest BCUT2D eigenvalue weighted by Gasteiger charge is -2.40. The van der Waals surface area contributed by atoms with Crippen molar-refractivity contribution in [2.75, 3.05) is 45.8 Å². The fraction of sp³-hybridized carbons (Fsp3) is 0.514. The first kappa shape index (κ1) is 35.7. The van der Waals surface area contributed by atoms with E-state index in [2.05, 4.69) is 0 Å². The third-order valence-electron chi connectivity index (χ3n) is 9.45. The Morgan fingerprint density at radius 3 is 1.22 bits per heavy atom. The lowest BCUT2D eigenvalue weighted by atomic mass is 9.69. The highest BCUT2D eigenvalue weighted by Gasteiger charge is 2.39. The van der Waals surface area contributed by atoms with Gasteiger partial charge in [-0.3, -0.25) is 4.18 Å². The Morgan fingerprint density at radius 2 is 0.935 bits per heavy atom. The lowest BCUT2D eigenvalue weighted by molar-refractivity contribution is 0.0000898. The molecule has 3 fully saturated rings. The second-order valence-corrected chi connectivity index (χ2v) is 14.8. The van der Waals surface area contributed by atoms with Gasteiger partial charge in [-0.05, 0) is 74.9 Å². The summed E-state index contributed by atoms with van der Waals surface area (Å²) in [6.45, 7) is 3.14. The van der Waals surface area contributed by atoms with Crippen LogP contribution in [0, 0.1) is 16.2 Å². The number of rotatable bonds is 14. The van der Waals surface area contributed by atoms with Gasteiger partial charge in [0.25, 0.3) is 10.1 Å². The van der Waals surface area contributed by atoms with E-state index in [4.69, 9.17) is 24.1 Å². The molecule has 46 heavy (non-hydrogen) atoms. The SMILES string of the molecule is CS(=O)(=O)OCC1(COc2ccccc2)CCC1.NCC1(COc2ccccc2)CCC1.OCC1(COc2ccccc2)CCC1. The first-order valence-corrected chi connectivity index (χ1v) is 18.2. The topological polar surface area (TPSA) is 117 Å². The first-order valence-electron chi connectivity index (χ1n) is 16.4. The Kier molecular flexibility index (Phi) is 13.3. The van der Waals surface area contributed by atoms with Crippen LogP contribution in [0.15, 0.2) is 91.0 Å². The molecule has 6 rings (SSSR count). The molecule has 0 heterocycles. The summed E-state index contributed by atoms with van der Waals surface area (Å²) in [5.74, 6) is 2.66. The molecule has 9 heteroatoms. The standard InChI is InChI=1S/C13H18O4S.C12H17NO.C12H16O2/c1-18(14,15)17-11-13(8-5-9-13)10-16-12-6-3-2-4-7-12;2*13-9-12(7-4-8-12)10-14-11-5-2-1-3-6-11/h2-4,6-7H,5,8-11H2,1H3;1-3,5-6H,4,7-10,13H2;1-3,5-6,13H,4,7-10H2. The summed E-state index contributed by atoms with van der Waals surface area (Å²) in [5, 5.41) is 9.23. The number of hydrogen-bond acceptors (Lipinski definition) is 8. The van der Waals surface area contributed by atoms with Gasteiger partial charge in [0.2, 0.25) is 0 Å². The number of hydrogen-bond donors (Lipinski definition) is 2. The maximum atomic E-state index is 11.0. The quantitative estimate of drug-likeness (QED) is 0.186. The third kappa shape index (κ3) is 11.3. The van der Waals surface area contributed by atoms with Gasteiger partial charge in [-0.2, -0.15) is 8.42 Å². The Morgan fingerprint density at radius 1 is 0.587 bits per heavy atom. The van der Waals surface area contributed by atoms with E-state index >= 15 is 0 Å². The largest absolute Gasteiger partial charge is 0.493 e. The highest BCUT2D eigenvalue weighted by molar-refractivity contribution is 7.85. The van der Waals surface area contributed by atoms with Crippen molar-refractivity contribution in [2.45, 2.75) is 57.8 Å². The van der Waals surface area contributed by atoms with E-state index in [0.717, 1.165) is 68.8 Å². The third-order valence-corrected chi connectivity index (χ3v) is 10.0. The zero-order valence-electron chi connectivity index (χ0n) is 27.1. The Bertz CT molecular complexity index is 1300. The molecule has 3 aromatic carbocycles. The molecule has 3 aliphatic carbocycles. The van der Waals surface area contributed by atoms with Gasteiger partial charge < -0.3 is 25.1 Å². The van der Waals surface area contributed by atoms with E-state index in [0.29, 0.717) is 13.2 Å². The summed E-state index contributed by atoms with van der Waals surface area (Å²) in [6, 6.07) is 29.3. The van der Waals surface area contributed by atoms with Gasteiger partial charge in [0.15, 0.2) is 0 Å². The van der Waals surface area contributed by atoms with Crippen LogP contribution in [0.25, 0.3) is 0 Å². The summed E-state index contributed by atoms with van der Waals surface area (Å²) in [7, 11) is -3.37. The van der Waals surface area contributed by atoms with Gasteiger partial charge in [0, 0.05) is 22.8 Å². The predicted molar refractivity (Wildman–Crippen MR) is 182 cm³/mol. The molecular formula is C37H51NO7S. The van der Waals surface area contributed by atoms with Crippen LogP contribution < -0.4 is 19.9 Å². The second-order valence-electron chi connectivity index (χ2n) is 13.2. The zero-order valence-corrected chi connectivity index (χ0v) is 28.0. The molecule has 0 bridgehead atoms. The van der Waals surface area contributed by atoms with Crippen LogP contribution >= 0.6 is 0 Å². The number of aliphatic hydroxyl groups is 1. The van der Waals surface area contributed by atoms with Gasteiger partial charge in [0.1, 0.15) is 17.2 Å². The number of ether oxygens (including phenoxy) is 3. The smallest absolute Gasteiger partial charge is 0.264 e. The van der Waals surface area contributed by atoms with Gasteiger partial charge >= 0.3 is 0 Å². The van der Waals surface area contributed by atoms with Crippen molar-refractivity contribution in [3.63, 3.8) is 0 Å². The minimum Gasteiger partial charge on any atom is -0.493 e. The van der Waals surface area contributed by atoms with Gasteiger partial charge in [-0.1, -0.05) is 73.9 Å². The lowest BCUT2D eigenvalue weighted by Crippen LogP contribution is -2.42. The van der Waals surface area contributed by atoms with Crippen LogP contribution in [-0.4, -0.2) is 59.4 Å². The van der Waals surface area contributed by atoms with Crippen LogP contribution in [0.4, 0.5) is 0 Å². The van der Waals surface area contributed by atoms with Gasteiger partial charge in [-0.15, -0.1) is 0 Å². The van der Waals surface area contributed by atoms with E-state index in [1.807, 2.05) is 91.0 Å². The van der Waals surface area contributed by atoms with Crippen molar-refractivity contribution in [1.82, 2.24) is 0 Å². The molecule has 3 saturated carbocycles. The van der Waals surface area contributed by atoms with Crippen LogP contribution in [0.1, 0.15) is 57.8 Å². The maximum absolute atomic E-state index is 11.0. The minimum absolute atomic E-state index is 0.0514. The molecule has 3 aliphatic rings. The highest BCUT2D eigenvalue weighted by Crippen LogP contribution is 2.42. The van der Waals surface area contributed by atoms with Crippen LogP contribution in [0.5, 0.6) is 17.2 Å². The number of aliphatic hydroxyl groups excluding tert-OH is 1. The normalized spacial score (nSPS) is 18.4. The summed E-state index contributed by atoms with van der Waals surface area (Å²) in [5.41, 5.74) is 5.94. The minimum atomic E-state index is -3.37. The molecule has 0 amide bonds. The molecule has 3 aromatic rings. The van der Waals surface area contributed by atoms with Crippen molar-refractivity contribution < 1.29 is 31.9 Å². The molecule has 0 spiro atoms. The molecule has 0 aromatic heterocycles. The second kappa shape index (κ2) is 17.2.